The van der Waals surface area contributed by atoms with Gasteiger partial charge in [-0.1, -0.05) is 18.6 Å². The normalized spacial score (nSPS) is 31.4. The molecule has 2 fully saturated rings. The number of amides is 1. The molecule has 3 unspecified atom stereocenters. The van der Waals surface area contributed by atoms with Gasteiger partial charge in [0.15, 0.2) is 0 Å². The Morgan fingerprint density at radius 3 is 2.90 bits per heavy atom. The van der Waals surface area contributed by atoms with E-state index in [1.807, 2.05) is 12.1 Å². The zero-order chi connectivity index (χ0) is 13.7. The maximum Gasteiger partial charge on any atom is 0.226 e. The third-order valence-corrected chi connectivity index (χ3v) is 5.68. The average Bonchev–Trinajstić information content (AvgIpc) is 3.09. The predicted octanol–water partition coefficient (Wildman–Crippen LogP) is 2.59. The van der Waals surface area contributed by atoms with Gasteiger partial charge in [0.2, 0.25) is 5.91 Å². The van der Waals surface area contributed by atoms with Crippen molar-refractivity contribution < 1.29 is 4.79 Å². The standard InChI is InChI=1S/C17H22N2O/c18-16-3-1-2-12-6-7-19(10-15(12)16)17(20)14-9-11-4-5-13(14)8-11/h1-3,11,13-14H,4-10,18H2. The van der Waals surface area contributed by atoms with Gasteiger partial charge < -0.3 is 10.6 Å². The van der Waals surface area contributed by atoms with E-state index < -0.39 is 0 Å². The van der Waals surface area contributed by atoms with Crippen LogP contribution in [0.5, 0.6) is 0 Å². The SMILES string of the molecule is Nc1cccc2c1CN(C(=O)C1CC3CCC1C3)CC2. The summed E-state index contributed by atoms with van der Waals surface area (Å²) in [5.41, 5.74) is 9.42. The summed E-state index contributed by atoms with van der Waals surface area (Å²) in [7, 11) is 0. The third-order valence-electron chi connectivity index (χ3n) is 5.68. The highest BCUT2D eigenvalue weighted by atomic mass is 16.2. The van der Waals surface area contributed by atoms with E-state index in [4.69, 9.17) is 5.73 Å². The van der Waals surface area contributed by atoms with Crippen molar-refractivity contribution in [1.29, 1.82) is 0 Å². The second kappa shape index (κ2) is 4.51. The van der Waals surface area contributed by atoms with Crippen molar-refractivity contribution >= 4 is 11.6 Å². The van der Waals surface area contributed by atoms with Gasteiger partial charge in [-0.3, -0.25) is 4.79 Å². The number of carbonyl (C=O) groups excluding carboxylic acids is 1. The molecule has 3 atom stereocenters. The summed E-state index contributed by atoms with van der Waals surface area (Å²) in [6.07, 6.45) is 6.00. The van der Waals surface area contributed by atoms with Crippen LogP contribution >= 0.6 is 0 Å². The number of nitrogens with two attached hydrogens (primary N) is 1. The van der Waals surface area contributed by atoms with Gasteiger partial charge >= 0.3 is 0 Å². The molecule has 2 bridgehead atoms. The van der Waals surface area contributed by atoms with Crippen molar-refractivity contribution in [2.45, 2.75) is 38.6 Å². The predicted molar refractivity (Wildman–Crippen MR) is 78.9 cm³/mol. The molecule has 2 aliphatic carbocycles. The van der Waals surface area contributed by atoms with Crippen LogP contribution in [0.3, 0.4) is 0 Å². The molecule has 2 saturated carbocycles. The largest absolute Gasteiger partial charge is 0.398 e. The Morgan fingerprint density at radius 2 is 2.15 bits per heavy atom. The van der Waals surface area contributed by atoms with Crippen molar-refractivity contribution in [3.05, 3.63) is 29.3 Å². The quantitative estimate of drug-likeness (QED) is 0.797. The maximum absolute atomic E-state index is 12.8. The van der Waals surface area contributed by atoms with Crippen molar-refractivity contribution in [2.75, 3.05) is 12.3 Å². The number of anilines is 1. The third kappa shape index (κ3) is 1.83. The van der Waals surface area contributed by atoms with E-state index in [1.54, 1.807) is 0 Å². The van der Waals surface area contributed by atoms with Gasteiger partial charge in [0.25, 0.3) is 0 Å². The Hall–Kier alpha value is -1.51. The minimum atomic E-state index is 0.306. The fourth-order valence-electron chi connectivity index (χ4n) is 4.58. The Bertz CT molecular complexity index is 554. The van der Waals surface area contributed by atoms with Gasteiger partial charge in [0.1, 0.15) is 0 Å². The highest BCUT2D eigenvalue weighted by Gasteiger charge is 2.44. The number of hydrogen-bond donors (Lipinski definition) is 1. The summed E-state index contributed by atoms with van der Waals surface area (Å²) in [5.74, 6) is 2.20. The van der Waals surface area contributed by atoms with E-state index in [-0.39, 0.29) is 0 Å². The molecule has 1 aromatic carbocycles. The zero-order valence-electron chi connectivity index (χ0n) is 11.8. The molecule has 106 valence electrons. The summed E-state index contributed by atoms with van der Waals surface area (Å²) < 4.78 is 0. The molecule has 2 N–H and O–H groups in total. The van der Waals surface area contributed by atoms with Crippen LogP contribution in [-0.4, -0.2) is 17.4 Å². The van der Waals surface area contributed by atoms with Crippen LogP contribution in [0.15, 0.2) is 18.2 Å². The summed E-state index contributed by atoms with van der Waals surface area (Å²) >= 11 is 0. The summed E-state index contributed by atoms with van der Waals surface area (Å²) in [6, 6.07) is 6.11. The molecule has 1 aliphatic heterocycles. The summed E-state index contributed by atoms with van der Waals surface area (Å²) in [4.78, 5) is 14.9. The first-order valence-corrected chi connectivity index (χ1v) is 7.87. The number of carbonyl (C=O) groups is 1. The maximum atomic E-state index is 12.8. The Labute approximate surface area is 120 Å². The van der Waals surface area contributed by atoms with Crippen LogP contribution in [0.4, 0.5) is 5.69 Å². The molecule has 4 rings (SSSR count). The lowest BCUT2D eigenvalue weighted by atomic mass is 9.87. The first-order valence-electron chi connectivity index (χ1n) is 7.87. The molecular weight excluding hydrogens is 248 g/mol. The topological polar surface area (TPSA) is 46.3 Å². The van der Waals surface area contributed by atoms with Gasteiger partial charge in [-0.15, -0.1) is 0 Å². The number of nitrogen functional groups attached to an aromatic ring is 1. The molecule has 1 amide bonds. The zero-order valence-corrected chi connectivity index (χ0v) is 11.8. The average molecular weight is 270 g/mol. The second-order valence-corrected chi connectivity index (χ2v) is 6.78. The van der Waals surface area contributed by atoms with Crippen molar-refractivity contribution in [2.24, 2.45) is 17.8 Å². The van der Waals surface area contributed by atoms with E-state index in [0.29, 0.717) is 24.3 Å². The smallest absolute Gasteiger partial charge is 0.226 e. The summed E-state index contributed by atoms with van der Waals surface area (Å²) in [6.45, 7) is 1.58. The van der Waals surface area contributed by atoms with E-state index >= 15 is 0 Å². The number of rotatable bonds is 1. The molecule has 0 saturated heterocycles. The van der Waals surface area contributed by atoms with Crippen LogP contribution in [0.25, 0.3) is 0 Å². The van der Waals surface area contributed by atoms with Crippen LogP contribution in [0.2, 0.25) is 0 Å². The van der Waals surface area contributed by atoms with Gasteiger partial charge in [-0.05, 0) is 54.7 Å². The second-order valence-electron chi connectivity index (χ2n) is 6.78. The van der Waals surface area contributed by atoms with Crippen LogP contribution in [0.1, 0.15) is 36.8 Å². The van der Waals surface area contributed by atoms with Crippen LogP contribution in [0, 0.1) is 17.8 Å². The molecule has 3 heteroatoms. The minimum absolute atomic E-state index is 0.306. The molecule has 0 aromatic heterocycles. The van der Waals surface area contributed by atoms with Crippen LogP contribution in [-0.2, 0) is 17.8 Å². The highest BCUT2D eigenvalue weighted by molar-refractivity contribution is 5.80. The van der Waals surface area contributed by atoms with E-state index in [1.165, 1.54) is 30.4 Å². The number of nitrogens with zero attached hydrogens (tertiary/aromatic N) is 1. The monoisotopic (exact) mass is 270 g/mol. The van der Waals surface area contributed by atoms with Gasteiger partial charge in [0, 0.05) is 24.7 Å². The molecule has 0 radical (unpaired) electrons. The Morgan fingerprint density at radius 1 is 1.25 bits per heavy atom. The highest BCUT2D eigenvalue weighted by Crippen LogP contribution is 2.49. The summed E-state index contributed by atoms with van der Waals surface area (Å²) in [5, 5.41) is 0. The lowest BCUT2D eigenvalue weighted by Crippen LogP contribution is -2.41. The first-order chi connectivity index (χ1) is 9.72. The minimum Gasteiger partial charge on any atom is -0.398 e. The Kier molecular flexibility index (Phi) is 2.76. The van der Waals surface area contributed by atoms with E-state index in [9.17, 15) is 4.79 Å². The fourth-order valence-corrected chi connectivity index (χ4v) is 4.58. The van der Waals surface area contributed by atoms with Gasteiger partial charge in [-0.2, -0.15) is 0 Å². The lowest BCUT2D eigenvalue weighted by molar-refractivity contribution is -0.138. The molecular formula is C17H22N2O. The van der Waals surface area contributed by atoms with Gasteiger partial charge in [-0.25, -0.2) is 0 Å². The van der Waals surface area contributed by atoms with Crippen LogP contribution < -0.4 is 5.73 Å². The van der Waals surface area contributed by atoms with Crippen molar-refractivity contribution in [3.8, 4) is 0 Å². The first kappa shape index (κ1) is 12.2. The molecule has 0 spiro atoms. The number of benzene rings is 1. The Balaban J connectivity index is 1.53. The van der Waals surface area contributed by atoms with E-state index in [2.05, 4.69) is 11.0 Å². The van der Waals surface area contributed by atoms with Crippen molar-refractivity contribution in [3.63, 3.8) is 0 Å². The van der Waals surface area contributed by atoms with E-state index in [0.717, 1.165) is 31.0 Å². The molecule has 1 aromatic rings. The molecule has 1 heterocycles. The number of hydrogen-bond acceptors (Lipinski definition) is 2. The van der Waals surface area contributed by atoms with Crippen molar-refractivity contribution in [1.82, 2.24) is 4.90 Å². The fraction of sp³-hybridized carbons (Fsp3) is 0.588. The number of fused-ring (bicyclic) bond motifs is 3. The molecule has 3 aliphatic rings. The lowest BCUT2D eigenvalue weighted by Gasteiger charge is -2.33. The van der Waals surface area contributed by atoms with Gasteiger partial charge in [0.05, 0.1) is 0 Å². The molecule has 3 nitrogen and oxygen atoms in total. The molecule has 20 heavy (non-hydrogen) atoms.